The Morgan fingerprint density at radius 3 is 2.50 bits per heavy atom. The van der Waals surface area contributed by atoms with E-state index in [0.29, 0.717) is 12.5 Å². The van der Waals surface area contributed by atoms with Crippen LogP contribution in [0.25, 0.3) is 0 Å². The van der Waals surface area contributed by atoms with E-state index in [1.54, 1.807) is 0 Å². The van der Waals surface area contributed by atoms with Crippen molar-refractivity contribution in [2.45, 2.75) is 51.1 Å². The first kappa shape index (κ1) is 9.97. The Morgan fingerprint density at radius 2 is 2.07 bits per heavy atom. The lowest BCUT2D eigenvalue weighted by atomic mass is 10.2. The fraction of sp³-hybridized carbons (Fsp3) is 0.909. The number of nitrogens with zero attached hydrogens (tertiary/aromatic N) is 1. The Morgan fingerprint density at radius 1 is 1.43 bits per heavy atom. The van der Waals surface area contributed by atoms with Crippen LogP contribution in [0, 0.1) is 5.92 Å². The molecule has 0 aromatic rings. The van der Waals surface area contributed by atoms with Crippen molar-refractivity contribution in [3.05, 3.63) is 0 Å². The van der Waals surface area contributed by atoms with Gasteiger partial charge in [0.1, 0.15) is 0 Å². The van der Waals surface area contributed by atoms with Gasteiger partial charge in [-0.25, -0.2) is 0 Å². The lowest BCUT2D eigenvalue weighted by molar-refractivity contribution is -0.138. The Kier molecular flexibility index (Phi) is 2.77. The molecule has 0 aromatic heterocycles. The number of hydrogen-bond donors (Lipinski definition) is 1. The van der Waals surface area contributed by atoms with Crippen molar-refractivity contribution in [1.29, 1.82) is 0 Å². The average molecular weight is 197 g/mol. The topological polar surface area (TPSA) is 40.5 Å². The molecular formula is C11H19NO2. The van der Waals surface area contributed by atoms with Crippen molar-refractivity contribution in [1.82, 2.24) is 4.90 Å². The summed E-state index contributed by atoms with van der Waals surface area (Å²) >= 11 is 0. The van der Waals surface area contributed by atoms with E-state index >= 15 is 0 Å². The third-order valence-corrected chi connectivity index (χ3v) is 3.22. The molecule has 0 bridgehead atoms. The molecule has 3 heteroatoms. The van der Waals surface area contributed by atoms with Gasteiger partial charge in [-0.1, -0.05) is 0 Å². The second kappa shape index (κ2) is 3.89. The molecular weight excluding hydrogens is 178 g/mol. The van der Waals surface area contributed by atoms with Gasteiger partial charge in [0, 0.05) is 18.6 Å². The van der Waals surface area contributed by atoms with Crippen LogP contribution in [0.3, 0.4) is 0 Å². The Hall–Kier alpha value is -0.570. The number of carboxylic acid groups (broad SMARTS) is 1. The zero-order valence-corrected chi connectivity index (χ0v) is 8.78. The van der Waals surface area contributed by atoms with Crippen LogP contribution >= 0.6 is 0 Å². The van der Waals surface area contributed by atoms with Gasteiger partial charge in [0.2, 0.25) is 0 Å². The van der Waals surface area contributed by atoms with Gasteiger partial charge in [-0.05, 0) is 38.5 Å². The summed E-state index contributed by atoms with van der Waals surface area (Å²) in [6.07, 6.45) is 5.54. The van der Waals surface area contributed by atoms with Crippen LogP contribution in [0.15, 0.2) is 0 Å². The first-order valence-corrected chi connectivity index (χ1v) is 5.64. The van der Waals surface area contributed by atoms with Crippen molar-refractivity contribution < 1.29 is 9.90 Å². The lowest BCUT2D eigenvalue weighted by Crippen LogP contribution is -2.38. The number of hydrogen-bond acceptors (Lipinski definition) is 2. The predicted octanol–water partition coefficient (Wildman–Crippen LogP) is 1.72. The van der Waals surface area contributed by atoms with E-state index in [9.17, 15) is 4.79 Å². The minimum absolute atomic E-state index is 0.223. The van der Waals surface area contributed by atoms with E-state index in [1.165, 1.54) is 25.7 Å². The van der Waals surface area contributed by atoms with Gasteiger partial charge in [-0.3, -0.25) is 9.69 Å². The molecule has 3 nitrogen and oxygen atoms in total. The third-order valence-electron chi connectivity index (χ3n) is 3.22. The first-order valence-electron chi connectivity index (χ1n) is 5.64. The van der Waals surface area contributed by atoms with Crippen molar-refractivity contribution in [2.24, 2.45) is 5.92 Å². The molecule has 0 aromatic carbocycles. The molecule has 1 atom stereocenters. The molecule has 2 aliphatic carbocycles. The van der Waals surface area contributed by atoms with E-state index in [0.717, 1.165) is 12.5 Å². The maximum Gasteiger partial charge on any atom is 0.304 e. The highest BCUT2D eigenvalue weighted by Gasteiger charge is 2.36. The largest absolute Gasteiger partial charge is 0.481 e. The first-order chi connectivity index (χ1) is 6.66. The molecule has 1 N–H and O–H groups in total. The molecule has 1 unspecified atom stereocenters. The lowest BCUT2D eigenvalue weighted by Gasteiger charge is -2.28. The van der Waals surface area contributed by atoms with E-state index in [2.05, 4.69) is 11.8 Å². The van der Waals surface area contributed by atoms with Gasteiger partial charge in [0.05, 0.1) is 6.42 Å². The summed E-state index contributed by atoms with van der Waals surface area (Å²) in [5.41, 5.74) is 0. The summed E-state index contributed by atoms with van der Waals surface area (Å²) in [7, 11) is 0. The highest BCUT2D eigenvalue weighted by atomic mass is 16.4. The molecule has 0 radical (unpaired) electrons. The summed E-state index contributed by atoms with van der Waals surface area (Å²) in [4.78, 5) is 13.1. The molecule has 0 saturated heterocycles. The maximum absolute atomic E-state index is 10.6. The Balaban J connectivity index is 1.83. The molecule has 2 fully saturated rings. The van der Waals surface area contributed by atoms with Crippen LogP contribution in [-0.4, -0.2) is 34.6 Å². The SMILES string of the molecule is CC(CC(=O)O)N(CC1CC1)C1CC1. The smallest absolute Gasteiger partial charge is 0.304 e. The van der Waals surface area contributed by atoms with Crippen LogP contribution in [-0.2, 0) is 4.79 Å². The number of carboxylic acids is 1. The van der Waals surface area contributed by atoms with Crippen LogP contribution in [0.1, 0.15) is 39.0 Å². The van der Waals surface area contributed by atoms with E-state index in [1.807, 2.05) is 0 Å². The van der Waals surface area contributed by atoms with Crippen molar-refractivity contribution >= 4 is 5.97 Å². The van der Waals surface area contributed by atoms with E-state index in [-0.39, 0.29) is 6.04 Å². The monoisotopic (exact) mass is 197 g/mol. The molecule has 0 heterocycles. The summed E-state index contributed by atoms with van der Waals surface area (Å²) in [5.74, 6) is 0.200. The Labute approximate surface area is 85.1 Å². The van der Waals surface area contributed by atoms with Gasteiger partial charge in [0.15, 0.2) is 0 Å². The second-order valence-corrected chi connectivity index (χ2v) is 4.82. The van der Waals surface area contributed by atoms with Crippen molar-refractivity contribution in [3.63, 3.8) is 0 Å². The van der Waals surface area contributed by atoms with Gasteiger partial charge < -0.3 is 5.11 Å². The average Bonchev–Trinajstić information content (AvgIpc) is 2.94. The highest BCUT2D eigenvalue weighted by molar-refractivity contribution is 5.67. The van der Waals surface area contributed by atoms with Crippen molar-refractivity contribution in [2.75, 3.05) is 6.54 Å². The zero-order valence-electron chi connectivity index (χ0n) is 8.78. The standard InChI is InChI=1S/C11H19NO2/c1-8(6-11(13)14)12(10-4-5-10)7-9-2-3-9/h8-10H,2-7H2,1H3,(H,13,14). The van der Waals surface area contributed by atoms with Gasteiger partial charge in [-0.15, -0.1) is 0 Å². The summed E-state index contributed by atoms with van der Waals surface area (Å²) in [5, 5.41) is 8.76. The van der Waals surface area contributed by atoms with E-state index < -0.39 is 5.97 Å². The molecule has 0 amide bonds. The second-order valence-electron chi connectivity index (χ2n) is 4.82. The fourth-order valence-corrected chi connectivity index (χ4v) is 2.06. The highest BCUT2D eigenvalue weighted by Crippen LogP contribution is 2.36. The Bertz CT molecular complexity index is 221. The van der Waals surface area contributed by atoms with Crippen LogP contribution in [0.5, 0.6) is 0 Å². The maximum atomic E-state index is 10.6. The van der Waals surface area contributed by atoms with Gasteiger partial charge >= 0.3 is 5.97 Å². The van der Waals surface area contributed by atoms with Crippen molar-refractivity contribution in [3.8, 4) is 0 Å². The molecule has 14 heavy (non-hydrogen) atoms. The quantitative estimate of drug-likeness (QED) is 0.705. The zero-order chi connectivity index (χ0) is 10.1. The summed E-state index contributed by atoms with van der Waals surface area (Å²) in [6.45, 7) is 3.19. The minimum atomic E-state index is -0.668. The minimum Gasteiger partial charge on any atom is -0.481 e. The van der Waals surface area contributed by atoms with Gasteiger partial charge in [0.25, 0.3) is 0 Å². The van der Waals surface area contributed by atoms with Crippen LogP contribution in [0.4, 0.5) is 0 Å². The normalized spacial score (nSPS) is 23.9. The summed E-state index contributed by atoms with van der Waals surface area (Å²) < 4.78 is 0. The number of carbonyl (C=O) groups is 1. The third kappa shape index (κ3) is 2.71. The molecule has 0 spiro atoms. The molecule has 2 aliphatic rings. The molecule has 0 aliphatic heterocycles. The predicted molar refractivity (Wildman–Crippen MR) is 54.2 cm³/mol. The van der Waals surface area contributed by atoms with E-state index in [4.69, 9.17) is 5.11 Å². The summed E-state index contributed by atoms with van der Waals surface area (Å²) in [6, 6.07) is 0.922. The van der Waals surface area contributed by atoms with Crippen LogP contribution < -0.4 is 0 Å². The molecule has 80 valence electrons. The fourth-order valence-electron chi connectivity index (χ4n) is 2.06. The molecule has 2 saturated carbocycles. The molecule has 2 rings (SSSR count). The van der Waals surface area contributed by atoms with Crippen LogP contribution in [0.2, 0.25) is 0 Å². The number of rotatable bonds is 6. The van der Waals surface area contributed by atoms with Gasteiger partial charge in [-0.2, -0.15) is 0 Å². The number of aliphatic carboxylic acids is 1.